The van der Waals surface area contributed by atoms with Gasteiger partial charge in [-0.05, 0) is 45.1 Å². The molecule has 1 fully saturated rings. The first-order chi connectivity index (χ1) is 9.56. The summed E-state index contributed by atoms with van der Waals surface area (Å²) >= 11 is 0. The number of rotatable bonds is 5. The highest BCUT2D eigenvalue weighted by Gasteiger charge is 2.28. The molecular weight excluding hydrogens is 248 g/mol. The minimum Gasteiger partial charge on any atom is -0.339 e. The molecule has 0 saturated carbocycles. The predicted molar refractivity (Wildman–Crippen MR) is 82.5 cm³/mol. The van der Waals surface area contributed by atoms with Gasteiger partial charge in [-0.1, -0.05) is 29.8 Å². The molecule has 0 aliphatic carbocycles. The number of benzene rings is 1. The quantitative estimate of drug-likeness (QED) is 0.897. The molecule has 1 aromatic carbocycles. The summed E-state index contributed by atoms with van der Waals surface area (Å²) in [6.45, 7) is 4.97. The van der Waals surface area contributed by atoms with Crippen LogP contribution in [0.1, 0.15) is 43.7 Å². The molecule has 2 rings (SSSR count). The summed E-state index contributed by atoms with van der Waals surface area (Å²) < 4.78 is 0. The second-order valence-electron chi connectivity index (χ2n) is 6.09. The molecule has 20 heavy (non-hydrogen) atoms. The van der Waals surface area contributed by atoms with Crippen LogP contribution in [0.5, 0.6) is 0 Å². The van der Waals surface area contributed by atoms with Crippen molar-refractivity contribution in [1.29, 1.82) is 0 Å². The highest BCUT2D eigenvalue weighted by Crippen LogP contribution is 2.22. The second-order valence-corrected chi connectivity index (χ2v) is 6.09. The molecule has 2 N–H and O–H groups in total. The molecule has 0 bridgehead atoms. The Labute approximate surface area is 122 Å². The zero-order valence-corrected chi connectivity index (χ0v) is 12.6. The van der Waals surface area contributed by atoms with Crippen LogP contribution >= 0.6 is 0 Å². The van der Waals surface area contributed by atoms with Crippen molar-refractivity contribution in [3.05, 3.63) is 35.4 Å². The van der Waals surface area contributed by atoms with Crippen LogP contribution in [0.4, 0.5) is 0 Å². The topological polar surface area (TPSA) is 46.3 Å². The molecule has 2 atom stereocenters. The van der Waals surface area contributed by atoms with Crippen LogP contribution in [0.2, 0.25) is 0 Å². The summed E-state index contributed by atoms with van der Waals surface area (Å²) in [4.78, 5) is 14.3. The summed E-state index contributed by atoms with van der Waals surface area (Å²) in [5.41, 5.74) is 8.35. The smallest absolute Gasteiger partial charge is 0.222 e. The maximum atomic E-state index is 12.3. The highest BCUT2D eigenvalue weighted by molar-refractivity contribution is 5.76. The summed E-state index contributed by atoms with van der Waals surface area (Å²) in [5.74, 6) is 0.275. The lowest BCUT2D eigenvalue weighted by Crippen LogP contribution is -2.37. The van der Waals surface area contributed by atoms with Gasteiger partial charge in [-0.15, -0.1) is 0 Å². The maximum Gasteiger partial charge on any atom is 0.222 e. The summed E-state index contributed by atoms with van der Waals surface area (Å²) in [6.07, 6.45) is 4.59. The molecule has 1 amide bonds. The number of carbonyl (C=O) groups is 1. The third-order valence-electron chi connectivity index (χ3n) is 4.10. The number of carbonyl (C=O) groups excluding carboxylic acids is 1. The number of hydrogen-bond acceptors (Lipinski definition) is 2. The fourth-order valence-corrected chi connectivity index (χ4v) is 2.87. The molecule has 3 heteroatoms. The van der Waals surface area contributed by atoms with Crippen LogP contribution in [0.3, 0.4) is 0 Å². The molecule has 1 aliphatic rings. The molecule has 3 nitrogen and oxygen atoms in total. The molecule has 1 aliphatic heterocycles. The van der Waals surface area contributed by atoms with Gasteiger partial charge in [0, 0.05) is 25.0 Å². The van der Waals surface area contributed by atoms with E-state index in [-0.39, 0.29) is 11.9 Å². The van der Waals surface area contributed by atoms with E-state index in [2.05, 4.69) is 36.1 Å². The van der Waals surface area contributed by atoms with Crippen molar-refractivity contribution in [3.8, 4) is 0 Å². The van der Waals surface area contributed by atoms with E-state index < -0.39 is 0 Å². The van der Waals surface area contributed by atoms with Gasteiger partial charge in [0.1, 0.15) is 0 Å². The molecule has 110 valence electrons. The van der Waals surface area contributed by atoms with Gasteiger partial charge < -0.3 is 10.6 Å². The van der Waals surface area contributed by atoms with E-state index in [9.17, 15) is 4.79 Å². The number of amides is 1. The van der Waals surface area contributed by atoms with Crippen LogP contribution in [-0.4, -0.2) is 29.4 Å². The monoisotopic (exact) mass is 274 g/mol. The van der Waals surface area contributed by atoms with Crippen LogP contribution in [-0.2, 0) is 11.2 Å². The predicted octanol–water partition coefficient (Wildman–Crippen LogP) is 2.66. The Hall–Kier alpha value is -1.35. The maximum absolute atomic E-state index is 12.3. The van der Waals surface area contributed by atoms with E-state index in [1.807, 2.05) is 6.92 Å². The third kappa shape index (κ3) is 4.07. The first-order valence-corrected chi connectivity index (χ1v) is 7.67. The van der Waals surface area contributed by atoms with E-state index >= 15 is 0 Å². The molecule has 0 aromatic heterocycles. The average Bonchev–Trinajstić information content (AvgIpc) is 2.87. The van der Waals surface area contributed by atoms with Crippen molar-refractivity contribution in [2.24, 2.45) is 5.73 Å². The molecule has 1 heterocycles. The standard InChI is InChI=1S/C17H26N2O/c1-13-5-8-15(9-6-13)12-16-4-3-11-19(16)17(20)10-7-14(2)18/h5-6,8-9,14,16H,3-4,7,10-12,18H2,1-2H3. The molecule has 2 unspecified atom stereocenters. The van der Waals surface area contributed by atoms with E-state index in [1.165, 1.54) is 11.1 Å². The number of aryl methyl sites for hydroxylation is 1. The Bertz CT molecular complexity index is 439. The van der Waals surface area contributed by atoms with Crippen molar-refractivity contribution >= 4 is 5.91 Å². The zero-order valence-electron chi connectivity index (χ0n) is 12.6. The number of nitrogens with two attached hydrogens (primary N) is 1. The number of likely N-dealkylation sites (tertiary alicyclic amines) is 1. The lowest BCUT2D eigenvalue weighted by Gasteiger charge is -2.25. The summed E-state index contributed by atoms with van der Waals surface area (Å²) in [7, 11) is 0. The van der Waals surface area contributed by atoms with Gasteiger partial charge in [0.2, 0.25) is 5.91 Å². The van der Waals surface area contributed by atoms with Gasteiger partial charge in [-0.3, -0.25) is 4.79 Å². The van der Waals surface area contributed by atoms with Crippen molar-refractivity contribution in [2.75, 3.05) is 6.54 Å². The van der Waals surface area contributed by atoms with Gasteiger partial charge in [0.05, 0.1) is 0 Å². The van der Waals surface area contributed by atoms with E-state index in [0.717, 1.165) is 32.2 Å². The fourth-order valence-electron chi connectivity index (χ4n) is 2.87. The van der Waals surface area contributed by atoms with Gasteiger partial charge in [0.25, 0.3) is 0 Å². The third-order valence-corrected chi connectivity index (χ3v) is 4.10. The SMILES string of the molecule is Cc1ccc(CC2CCCN2C(=O)CCC(C)N)cc1. The molecule has 1 saturated heterocycles. The summed E-state index contributed by atoms with van der Waals surface area (Å²) in [6, 6.07) is 9.13. The minimum atomic E-state index is 0.108. The van der Waals surface area contributed by atoms with Gasteiger partial charge in [-0.2, -0.15) is 0 Å². The van der Waals surface area contributed by atoms with Crippen LogP contribution in [0.25, 0.3) is 0 Å². The lowest BCUT2D eigenvalue weighted by molar-refractivity contribution is -0.132. The average molecular weight is 274 g/mol. The highest BCUT2D eigenvalue weighted by atomic mass is 16.2. The lowest BCUT2D eigenvalue weighted by atomic mass is 10.0. The van der Waals surface area contributed by atoms with Crippen LogP contribution < -0.4 is 5.73 Å². The van der Waals surface area contributed by atoms with Crippen LogP contribution in [0, 0.1) is 6.92 Å². The first kappa shape index (κ1) is 15.0. The molecule has 0 radical (unpaired) electrons. The minimum absolute atomic E-state index is 0.108. The largest absolute Gasteiger partial charge is 0.339 e. The van der Waals surface area contributed by atoms with Gasteiger partial charge in [-0.25, -0.2) is 0 Å². The number of hydrogen-bond donors (Lipinski definition) is 1. The van der Waals surface area contributed by atoms with E-state index in [4.69, 9.17) is 5.73 Å². The Morgan fingerprint density at radius 1 is 1.40 bits per heavy atom. The van der Waals surface area contributed by atoms with Crippen molar-refractivity contribution in [3.63, 3.8) is 0 Å². The zero-order chi connectivity index (χ0) is 14.5. The van der Waals surface area contributed by atoms with Crippen molar-refractivity contribution in [2.45, 2.75) is 58.0 Å². The first-order valence-electron chi connectivity index (χ1n) is 7.67. The Balaban J connectivity index is 1.93. The second kappa shape index (κ2) is 6.89. The molecular formula is C17H26N2O. The van der Waals surface area contributed by atoms with Crippen molar-refractivity contribution in [1.82, 2.24) is 4.90 Å². The molecule has 1 aromatic rings. The Morgan fingerprint density at radius 3 is 2.75 bits per heavy atom. The van der Waals surface area contributed by atoms with E-state index in [0.29, 0.717) is 12.5 Å². The van der Waals surface area contributed by atoms with Gasteiger partial charge in [0.15, 0.2) is 0 Å². The normalized spacial score (nSPS) is 20.1. The summed E-state index contributed by atoms with van der Waals surface area (Å²) in [5, 5.41) is 0. The molecule has 0 spiro atoms. The number of nitrogens with zero attached hydrogens (tertiary/aromatic N) is 1. The van der Waals surface area contributed by atoms with E-state index in [1.54, 1.807) is 0 Å². The van der Waals surface area contributed by atoms with Crippen LogP contribution in [0.15, 0.2) is 24.3 Å². The van der Waals surface area contributed by atoms with Gasteiger partial charge >= 0.3 is 0 Å². The Kier molecular flexibility index (Phi) is 5.18. The Morgan fingerprint density at radius 2 is 2.10 bits per heavy atom. The fraction of sp³-hybridized carbons (Fsp3) is 0.588. The van der Waals surface area contributed by atoms with Crippen molar-refractivity contribution < 1.29 is 4.79 Å².